The van der Waals surface area contributed by atoms with Crippen molar-refractivity contribution in [1.82, 2.24) is 10.3 Å². The van der Waals surface area contributed by atoms with Crippen LogP contribution in [0.2, 0.25) is 0 Å². The molecule has 0 bridgehead atoms. The van der Waals surface area contributed by atoms with Crippen molar-refractivity contribution in [2.75, 3.05) is 25.5 Å². The molecule has 1 heterocycles. The van der Waals surface area contributed by atoms with E-state index in [1.165, 1.54) is 17.4 Å². The average molecular weight is 498 g/mol. The van der Waals surface area contributed by atoms with Gasteiger partial charge in [0.2, 0.25) is 5.91 Å². The number of thioether (sulfide) groups is 1. The molecule has 6 nitrogen and oxygen atoms in total. The second kappa shape index (κ2) is 15.3. The molecule has 1 amide bonds. The molecule has 1 aromatic heterocycles. The Labute approximate surface area is 201 Å². The summed E-state index contributed by atoms with van der Waals surface area (Å²) in [5.74, 6) is -1.52. The summed E-state index contributed by atoms with van der Waals surface area (Å²) >= 11 is 3.05. The van der Waals surface area contributed by atoms with Gasteiger partial charge in [-0.25, -0.2) is 13.8 Å². The molecule has 1 aromatic carbocycles. The standard InChI is InChI=1S/C15H23N3O2S2.C8H6F2O/c1-5-6-10(2)22-13(11(3)14(20)17-7-8-19)12-9-21-15(16-4)18-12;9-7-2-1-3-8(10)6(7)4-5-11/h6,9,19H,5,7-8H2,1-4H3,(H,16,18)(H,17,20);1-3,5H,4H2/b10-6+,13-11+;. The van der Waals surface area contributed by atoms with Crippen molar-refractivity contribution in [3.05, 3.63) is 63.0 Å². The SMILES string of the molecule is CC/C=C(\C)S/C(=C(\C)C(=O)NCCO)c1csc(NC)n1.O=CCc1c(F)cccc1F. The summed E-state index contributed by atoms with van der Waals surface area (Å²) in [6.45, 7) is 6.06. The van der Waals surface area contributed by atoms with Crippen molar-refractivity contribution < 1.29 is 23.5 Å². The molecule has 0 unspecified atom stereocenters. The van der Waals surface area contributed by atoms with Crippen LogP contribution in [0.4, 0.5) is 13.9 Å². The second-order valence-corrected chi connectivity index (χ2v) is 8.73. The molecule has 0 aliphatic rings. The first-order chi connectivity index (χ1) is 15.8. The van der Waals surface area contributed by atoms with Crippen molar-refractivity contribution in [3.63, 3.8) is 0 Å². The van der Waals surface area contributed by atoms with Gasteiger partial charge in [0.05, 0.1) is 12.3 Å². The maximum Gasteiger partial charge on any atom is 0.248 e. The number of carbonyl (C=O) groups is 2. The van der Waals surface area contributed by atoms with Crippen LogP contribution >= 0.6 is 23.1 Å². The van der Waals surface area contributed by atoms with E-state index in [1.807, 2.05) is 19.4 Å². The third-order valence-corrected chi connectivity index (χ3v) is 6.20. The molecule has 0 radical (unpaired) electrons. The van der Waals surface area contributed by atoms with Crippen LogP contribution in [0.3, 0.4) is 0 Å². The fraction of sp³-hybridized carbons (Fsp3) is 0.348. The van der Waals surface area contributed by atoms with Gasteiger partial charge in [-0.05, 0) is 37.3 Å². The highest BCUT2D eigenvalue weighted by Gasteiger charge is 2.16. The molecule has 0 saturated heterocycles. The highest BCUT2D eigenvalue weighted by atomic mass is 32.2. The lowest BCUT2D eigenvalue weighted by molar-refractivity contribution is -0.117. The predicted octanol–water partition coefficient (Wildman–Crippen LogP) is 4.78. The maximum absolute atomic E-state index is 12.6. The minimum absolute atomic E-state index is 0.0726. The molecule has 0 saturated carbocycles. The Hall–Kier alpha value is -2.56. The van der Waals surface area contributed by atoms with Crippen molar-refractivity contribution in [1.29, 1.82) is 0 Å². The number of halogens is 2. The van der Waals surface area contributed by atoms with Crippen molar-refractivity contribution in [2.24, 2.45) is 0 Å². The molecule has 0 aliphatic carbocycles. The Morgan fingerprint density at radius 1 is 1.27 bits per heavy atom. The zero-order valence-electron chi connectivity index (χ0n) is 19.1. The number of aliphatic hydroxyl groups is 1. The second-order valence-electron chi connectivity index (χ2n) is 6.62. The Balaban J connectivity index is 0.000000412. The normalized spacial score (nSPS) is 11.8. The molecular weight excluding hydrogens is 468 g/mol. The summed E-state index contributed by atoms with van der Waals surface area (Å²) in [6, 6.07) is 3.52. The molecule has 180 valence electrons. The monoisotopic (exact) mass is 497 g/mol. The smallest absolute Gasteiger partial charge is 0.248 e. The number of thiazole rings is 1. The number of nitrogens with one attached hydrogen (secondary N) is 2. The number of nitrogens with zero attached hydrogens (tertiary/aromatic N) is 1. The van der Waals surface area contributed by atoms with Crippen LogP contribution in [-0.2, 0) is 16.0 Å². The van der Waals surface area contributed by atoms with Crippen LogP contribution in [0.15, 0.2) is 40.1 Å². The lowest BCUT2D eigenvalue weighted by Crippen LogP contribution is -2.27. The number of carbonyl (C=O) groups excluding carboxylic acids is 2. The first kappa shape index (κ1) is 28.5. The van der Waals surface area contributed by atoms with E-state index < -0.39 is 11.6 Å². The summed E-state index contributed by atoms with van der Waals surface area (Å²) in [4.78, 5) is 28.6. The molecule has 10 heteroatoms. The lowest BCUT2D eigenvalue weighted by Gasteiger charge is -2.11. The first-order valence-electron chi connectivity index (χ1n) is 10.2. The number of anilines is 1. The Morgan fingerprint density at radius 3 is 2.45 bits per heavy atom. The van der Waals surface area contributed by atoms with E-state index in [0.717, 1.165) is 39.2 Å². The van der Waals surface area contributed by atoms with Gasteiger partial charge in [-0.1, -0.05) is 30.8 Å². The number of allylic oxidation sites excluding steroid dienone is 2. The van der Waals surface area contributed by atoms with Gasteiger partial charge in [-0.2, -0.15) is 0 Å². The number of amides is 1. The molecule has 2 aromatic rings. The van der Waals surface area contributed by atoms with Crippen molar-refractivity contribution in [2.45, 2.75) is 33.6 Å². The number of hydrogen-bond acceptors (Lipinski definition) is 7. The van der Waals surface area contributed by atoms with Gasteiger partial charge in [0.1, 0.15) is 17.9 Å². The van der Waals surface area contributed by atoms with E-state index in [2.05, 4.69) is 28.6 Å². The molecule has 33 heavy (non-hydrogen) atoms. The van der Waals surface area contributed by atoms with E-state index in [9.17, 15) is 18.4 Å². The molecule has 3 N–H and O–H groups in total. The topological polar surface area (TPSA) is 91.3 Å². The number of hydrogen-bond donors (Lipinski definition) is 3. The molecule has 0 spiro atoms. The number of aromatic nitrogens is 1. The average Bonchev–Trinajstić information content (AvgIpc) is 3.27. The van der Waals surface area contributed by atoms with E-state index >= 15 is 0 Å². The molecule has 2 rings (SSSR count). The van der Waals surface area contributed by atoms with E-state index in [1.54, 1.807) is 18.7 Å². The van der Waals surface area contributed by atoms with Crippen LogP contribution < -0.4 is 10.6 Å². The first-order valence-corrected chi connectivity index (χ1v) is 11.9. The van der Waals surface area contributed by atoms with Gasteiger partial charge in [0, 0.05) is 41.4 Å². The highest BCUT2D eigenvalue weighted by Crippen LogP contribution is 2.37. The Kier molecular flexibility index (Phi) is 13.2. The van der Waals surface area contributed by atoms with E-state index in [-0.39, 0.29) is 31.0 Å². The zero-order valence-corrected chi connectivity index (χ0v) is 20.7. The van der Waals surface area contributed by atoms with Crippen LogP contribution in [0, 0.1) is 11.6 Å². The van der Waals surface area contributed by atoms with Gasteiger partial charge in [0.25, 0.3) is 0 Å². The van der Waals surface area contributed by atoms with E-state index in [0.29, 0.717) is 11.9 Å². The summed E-state index contributed by atoms with van der Waals surface area (Å²) in [7, 11) is 1.82. The molecule has 0 atom stereocenters. The van der Waals surface area contributed by atoms with Gasteiger partial charge in [0.15, 0.2) is 5.13 Å². The lowest BCUT2D eigenvalue weighted by atomic mass is 10.1. The summed E-state index contributed by atoms with van der Waals surface area (Å²) in [5.41, 5.74) is 1.23. The summed E-state index contributed by atoms with van der Waals surface area (Å²) < 4.78 is 25.3. The van der Waals surface area contributed by atoms with Gasteiger partial charge in [-0.15, -0.1) is 11.3 Å². The molecule has 0 fully saturated rings. The number of benzene rings is 1. The number of rotatable bonds is 10. The van der Waals surface area contributed by atoms with Crippen molar-refractivity contribution >= 4 is 45.3 Å². The number of aldehydes is 1. The van der Waals surface area contributed by atoms with Crippen LogP contribution in [0.5, 0.6) is 0 Å². The Bertz CT molecular complexity index is 971. The third-order valence-electron chi connectivity index (χ3n) is 4.13. The predicted molar refractivity (Wildman–Crippen MR) is 132 cm³/mol. The van der Waals surface area contributed by atoms with E-state index in [4.69, 9.17) is 5.11 Å². The molecular formula is C23H29F2N3O3S2. The highest BCUT2D eigenvalue weighted by molar-refractivity contribution is 8.11. The fourth-order valence-electron chi connectivity index (χ4n) is 2.52. The minimum Gasteiger partial charge on any atom is -0.395 e. The van der Waals surface area contributed by atoms with Gasteiger partial charge < -0.3 is 20.5 Å². The Morgan fingerprint density at radius 2 is 1.94 bits per heavy atom. The summed E-state index contributed by atoms with van der Waals surface area (Å²) in [6.07, 6.45) is 3.33. The van der Waals surface area contributed by atoms with Crippen LogP contribution in [0.25, 0.3) is 4.91 Å². The fourth-order valence-corrected chi connectivity index (χ4v) is 4.28. The van der Waals surface area contributed by atoms with Crippen LogP contribution in [0.1, 0.15) is 38.4 Å². The zero-order chi connectivity index (χ0) is 24.8. The third kappa shape index (κ3) is 9.45. The van der Waals surface area contributed by atoms with Gasteiger partial charge >= 0.3 is 0 Å². The largest absolute Gasteiger partial charge is 0.395 e. The van der Waals surface area contributed by atoms with Gasteiger partial charge in [-0.3, -0.25) is 4.79 Å². The van der Waals surface area contributed by atoms with Crippen molar-refractivity contribution in [3.8, 4) is 0 Å². The summed E-state index contributed by atoms with van der Waals surface area (Å²) in [5, 5.41) is 17.3. The number of aliphatic hydroxyl groups excluding tert-OH is 1. The quantitative estimate of drug-likeness (QED) is 0.323. The minimum atomic E-state index is -0.669. The molecule has 0 aliphatic heterocycles. The maximum atomic E-state index is 12.6. The van der Waals surface area contributed by atoms with Crippen LogP contribution in [-0.4, -0.2) is 42.5 Å².